The van der Waals surface area contributed by atoms with Crippen molar-refractivity contribution in [3.63, 3.8) is 0 Å². The van der Waals surface area contributed by atoms with Gasteiger partial charge in [-0.1, -0.05) is 6.92 Å². The zero-order chi connectivity index (χ0) is 9.73. The molecule has 0 N–H and O–H groups in total. The van der Waals surface area contributed by atoms with Crippen LogP contribution in [0.25, 0.3) is 0 Å². The molecule has 1 nitrogen and oxygen atoms in total. The van der Waals surface area contributed by atoms with Crippen LogP contribution in [0.15, 0.2) is 0 Å². The van der Waals surface area contributed by atoms with E-state index in [1.807, 2.05) is 0 Å². The second-order valence-electron chi connectivity index (χ2n) is 4.30. The first-order chi connectivity index (χ1) is 6.22. The average molecular weight is 175 g/mol. The molecule has 1 aliphatic carbocycles. The first kappa shape index (κ1) is 10.1. The predicted molar refractivity (Wildman–Crippen MR) is 53.7 cm³/mol. The molecule has 0 bridgehead atoms. The smallest absolute Gasteiger partial charge is 0.0689 e. The Morgan fingerprint density at radius 2 is 2.38 bits per heavy atom. The largest absolute Gasteiger partial charge is 0.198 e. The van der Waals surface area contributed by atoms with E-state index >= 15 is 0 Å². The Balaban J connectivity index is 2.44. The Kier molecular flexibility index (Phi) is 3.38. The van der Waals surface area contributed by atoms with E-state index in [-0.39, 0.29) is 5.41 Å². The molecule has 0 spiro atoms. The Hall–Kier alpha value is -0.950. The van der Waals surface area contributed by atoms with Gasteiger partial charge in [0.25, 0.3) is 0 Å². The van der Waals surface area contributed by atoms with E-state index in [4.69, 9.17) is 11.7 Å². The molecule has 2 atom stereocenters. The molecule has 0 radical (unpaired) electrons. The Bertz CT molecular complexity index is 243. The maximum atomic E-state index is 9.13. The van der Waals surface area contributed by atoms with Crippen LogP contribution in [-0.4, -0.2) is 0 Å². The van der Waals surface area contributed by atoms with Gasteiger partial charge >= 0.3 is 0 Å². The fraction of sp³-hybridized carbons (Fsp3) is 0.750. The fourth-order valence-corrected chi connectivity index (χ4v) is 2.31. The Morgan fingerprint density at radius 3 is 2.85 bits per heavy atom. The zero-order valence-corrected chi connectivity index (χ0v) is 8.34. The van der Waals surface area contributed by atoms with E-state index in [9.17, 15) is 0 Å². The third kappa shape index (κ3) is 2.49. The molecule has 0 aromatic rings. The summed E-state index contributed by atoms with van der Waals surface area (Å²) in [5, 5.41) is 9.13. The number of nitrogens with zero attached hydrogens (tertiary/aromatic N) is 1. The number of hydrogen-bond donors (Lipinski definition) is 0. The lowest BCUT2D eigenvalue weighted by molar-refractivity contribution is 0.354. The molecule has 0 aromatic carbocycles. The van der Waals surface area contributed by atoms with Crippen LogP contribution in [0.3, 0.4) is 0 Å². The van der Waals surface area contributed by atoms with Gasteiger partial charge in [0.15, 0.2) is 0 Å². The summed E-state index contributed by atoms with van der Waals surface area (Å²) in [5.41, 5.74) is -0.0315. The second kappa shape index (κ2) is 4.33. The Labute approximate surface area is 81.1 Å². The Morgan fingerprint density at radius 1 is 1.62 bits per heavy atom. The van der Waals surface area contributed by atoms with Crippen LogP contribution in [0.4, 0.5) is 0 Å². The first-order valence-electron chi connectivity index (χ1n) is 5.07. The summed E-state index contributed by atoms with van der Waals surface area (Å²) in [6.07, 6.45) is 11.4. The topological polar surface area (TPSA) is 23.8 Å². The molecular formula is C12H17N. The maximum Gasteiger partial charge on any atom is 0.0689 e. The van der Waals surface area contributed by atoms with E-state index < -0.39 is 0 Å². The molecule has 0 heterocycles. The molecule has 0 aromatic heterocycles. The highest BCUT2D eigenvalue weighted by molar-refractivity contribution is 5.03. The third-order valence-corrected chi connectivity index (χ3v) is 3.07. The second-order valence-corrected chi connectivity index (χ2v) is 4.30. The first-order valence-corrected chi connectivity index (χ1v) is 5.07. The highest BCUT2D eigenvalue weighted by Gasteiger charge is 2.36. The maximum absolute atomic E-state index is 9.13. The van der Waals surface area contributed by atoms with Crippen LogP contribution in [0, 0.1) is 35.0 Å². The normalized spacial score (nSPS) is 32.4. The highest BCUT2D eigenvalue weighted by Crippen LogP contribution is 2.44. The van der Waals surface area contributed by atoms with Gasteiger partial charge in [0.1, 0.15) is 0 Å². The minimum atomic E-state index is -0.0315. The predicted octanol–water partition coefficient (Wildman–Crippen LogP) is 3.12. The minimum absolute atomic E-state index is 0.0315. The average Bonchev–Trinajstić information content (AvgIpc) is 2.49. The highest BCUT2D eigenvalue weighted by atomic mass is 14.4. The van der Waals surface area contributed by atoms with Gasteiger partial charge in [0.05, 0.1) is 11.5 Å². The van der Waals surface area contributed by atoms with Crippen LogP contribution in [-0.2, 0) is 0 Å². The van der Waals surface area contributed by atoms with Crippen molar-refractivity contribution in [1.29, 1.82) is 5.26 Å². The van der Waals surface area contributed by atoms with Gasteiger partial charge in [-0.15, -0.1) is 12.3 Å². The molecule has 13 heavy (non-hydrogen) atoms. The van der Waals surface area contributed by atoms with Gasteiger partial charge in [0, 0.05) is 6.42 Å². The van der Waals surface area contributed by atoms with Gasteiger partial charge in [-0.05, 0) is 38.0 Å². The number of unbranched alkanes of at least 4 members (excludes halogenated alkanes) is 1. The van der Waals surface area contributed by atoms with Crippen molar-refractivity contribution in [3.05, 3.63) is 0 Å². The van der Waals surface area contributed by atoms with Crippen LogP contribution < -0.4 is 0 Å². The number of terminal acetylenes is 1. The van der Waals surface area contributed by atoms with Crippen LogP contribution in [0.5, 0.6) is 0 Å². The monoisotopic (exact) mass is 175 g/mol. The summed E-state index contributed by atoms with van der Waals surface area (Å²) in [5.74, 6) is 3.36. The van der Waals surface area contributed by atoms with Crippen molar-refractivity contribution >= 4 is 0 Å². The van der Waals surface area contributed by atoms with Crippen molar-refractivity contribution in [3.8, 4) is 18.4 Å². The molecule has 1 aliphatic rings. The van der Waals surface area contributed by atoms with Crippen molar-refractivity contribution < 1.29 is 0 Å². The lowest BCUT2D eigenvalue weighted by Crippen LogP contribution is -2.13. The van der Waals surface area contributed by atoms with Gasteiger partial charge in [-0.2, -0.15) is 5.26 Å². The summed E-state index contributed by atoms with van der Waals surface area (Å²) in [6.45, 7) is 2.24. The molecule has 70 valence electrons. The summed E-state index contributed by atoms with van der Waals surface area (Å²) < 4.78 is 0. The van der Waals surface area contributed by atoms with Crippen molar-refractivity contribution in [2.45, 2.75) is 45.4 Å². The summed E-state index contributed by atoms with van der Waals surface area (Å²) in [7, 11) is 0. The molecule has 0 saturated heterocycles. The molecule has 2 unspecified atom stereocenters. The third-order valence-electron chi connectivity index (χ3n) is 3.07. The van der Waals surface area contributed by atoms with Gasteiger partial charge in [-0.25, -0.2) is 0 Å². The molecule has 1 rings (SSSR count). The zero-order valence-electron chi connectivity index (χ0n) is 8.34. The molecule has 0 amide bonds. The quantitative estimate of drug-likeness (QED) is 0.477. The molecular weight excluding hydrogens is 158 g/mol. The molecule has 1 fully saturated rings. The lowest BCUT2D eigenvalue weighted by atomic mass is 9.82. The van der Waals surface area contributed by atoms with Gasteiger partial charge in [-0.3, -0.25) is 0 Å². The molecule has 1 heteroatoms. The number of rotatable bonds is 3. The van der Waals surface area contributed by atoms with Gasteiger partial charge in [0.2, 0.25) is 0 Å². The van der Waals surface area contributed by atoms with Crippen molar-refractivity contribution in [2.75, 3.05) is 0 Å². The van der Waals surface area contributed by atoms with Crippen molar-refractivity contribution in [1.82, 2.24) is 0 Å². The fourth-order valence-electron chi connectivity index (χ4n) is 2.31. The summed E-state index contributed by atoms with van der Waals surface area (Å²) >= 11 is 0. The van der Waals surface area contributed by atoms with Gasteiger partial charge < -0.3 is 0 Å². The summed E-state index contributed by atoms with van der Waals surface area (Å²) in [6, 6.07) is 2.50. The van der Waals surface area contributed by atoms with Crippen LogP contribution in [0.1, 0.15) is 45.4 Å². The number of hydrogen-bond acceptors (Lipinski definition) is 1. The standard InChI is InChI=1S/C12H17N/c1-3-4-5-7-12(10-13)8-6-11(2)9-12/h1,11H,4-9H2,2H3. The SMILES string of the molecule is C#CCCCC1(C#N)CCC(C)C1. The van der Waals surface area contributed by atoms with Crippen molar-refractivity contribution in [2.24, 2.45) is 11.3 Å². The summed E-state index contributed by atoms with van der Waals surface area (Å²) in [4.78, 5) is 0. The molecule has 0 aliphatic heterocycles. The van der Waals surface area contributed by atoms with E-state index in [2.05, 4.69) is 18.9 Å². The van der Waals surface area contributed by atoms with E-state index in [1.165, 1.54) is 6.42 Å². The molecule has 1 saturated carbocycles. The van der Waals surface area contributed by atoms with E-state index in [0.717, 1.165) is 38.0 Å². The number of nitriles is 1. The van der Waals surface area contributed by atoms with Crippen LogP contribution >= 0.6 is 0 Å². The van der Waals surface area contributed by atoms with E-state index in [1.54, 1.807) is 0 Å². The van der Waals surface area contributed by atoms with E-state index in [0.29, 0.717) is 0 Å². The van der Waals surface area contributed by atoms with Crippen LogP contribution in [0.2, 0.25) is 0 Å². The lowest BCUT2D eigenvalue weighted by Gasteiger charge is -2.19. The minimum Gasteiger partial charge on any atom is -0.198 e.